The van der Waals surface area contributed by atoms with Crippen LogP contribution in [0.5, 0.6) is 0 Å². The molecule has 3 nitrogen and oxygen atoms in total. The summed E-state index contributed by atoms with van der Waals surface area (Å²) in [4.78, 5) is 4.18. The molecule has 0 atom stereocenters. The molecule has 3 rings (SSSR count). The van der Waals surface area contributed by atoms with Crippen molar-refractivity contribution in [2.75, 3.05) is 24.8 Å². The maximum absolute atomic E-state index is 13.3. The summed E-state index contributed by atoms with van der Waals surface area (Å²) in [6.07, 6.45) is 0.966. The van der Waals surface area contributed by atoms with Gasteiger partial charge in [0.25, 0.3) is 0 Å². The normalized spacial score (nSPS) is 15.6. The van der Waals surface area contributed by atoms with E-state index in [1.165, 1.54) is 11.6 Å². The van der Waals surface area contributed by atoms with Crippen LogP contribution in [0.2, 0.25) is 5.02 Å². The van der Waals surface area contributed by atoms with E-state index in [2.05, 4.69) is 22.3 Å². The Bertz CT molecular complexity index is 695. The molecule has 1 aliphatic rings. The van der Waals surface area contributed by atoms with Gasteiger partial charge < -0.3 is 10.2 Å². The smallest absolute Gasteiger partial charge is 0.175 e. The molecule has 0 aliphatic carbocycles. The van der Waals surface area contributed by atoms with Crippen LogP contribution in [0.1, 0.15) is 5.56 Å². The first kappa shape index (κ1) is 16.2. The zero-order valence-electron chi connectivity index (χ0n) is 12.5. The first-order valence-electron chi connectivity index (χ1n) is 7.40. The predicted molar refractivity (Wildman–Crippen MR) is 96.2 cm³/mol. The second kappa shape index (κ2) is 7.25. The molecule has 0 amide bonds. The van der Waals surface area contributed by atoms with E-state index in [0.717, 1.165) is 18.7 Å². The first-order chi connectivity index (χ1) is 11.1. The van der Waals surface area contributed by atoms with Gasteiger partial charge in [-0.25, -0.2) is 4.39 Å². The number of nitrogens with one attached hydrogen (secondary N) is 1. The van der Waals surface area contributed by atoms with Crippen molar-refractivity contribution in [2.45, 2.75) is 6.42 Å². The molecule has 1 heterocycles. The van der Waals surface area contributed by atoms with Gasteiger partial charge in [0.2, 0.25) is 0 Å². The molecule has 1 aliphatic heterocycles. The van der Waals surface area contributed by atoms with Crippen LogP contribution in [0.4, 0.5) is 10.1 Å². The number of anilines is 1. The number of hydrogen-bond donors (Lipinski definition) is 1. The highest BCUT2D eigenvalue weighted by Crippen LogP contribution is 2.24. The van der Waals surface area contributed by atoms with Crippen molar-refractivity contribution in [1.82, 2.24) is 10.2 Å². The Labute approximate surface area is 145 Å². The Morgan fingerprint density at radius 2 is 1.96 bits per heavy atom. The lowest BCUT2D eigenvalue weighted by Gasteiger charge is -2.38. The summed E-state index contributed by atoms with van der Waals surface area (Å²) in [5, 5.41) is 3.93. The molecule has 1 N–H and O–H groups in total. The molecule has 0 aromatic heterocycles. The van der Waals surface area contributed by atoms with Gasteiger partial charge in [0.15, 0.2) is 5.11 Å². The average Bonchev–Trinajstić information content (AvgIpc) is 2.58. The van der Waals surface area contributed by atoms with E-state index in [9.17, 15) is 4.39 Å². The third-order valence-electron chi connectivity index (χ3n) is 3.81. The molecular formula is C17H17ClFN3S. The predicted octanol–water partition coefficient (Wildman–Crippen LogP) is 3.63. The van der Waals surface area contributed by atoms with Gasteiger partial charge in [0.1, 0.15) is 5.82 Å². The molecular weight excluding hydrogens is 333 g/mol. The number of thiocarbonyl (C=S) groups is 1. The summed E-state index contributed by atoms with van der Waals surface area (Å²) < 4.78 is 13.3. The van der Waals surface area contributed by atoms with Gasteiger partial charge in [-0.1, -0.05) is 41.9 Å². The van der Waals surface area contributed by atoms with Crippen LogP contribution >= 0.6 is 23.8 Å². The molecule has 1 fully saturated rings. The van der Waals surface area contributed by atoms with Crippen molar-refractivity contribution in [3.05, 3.63) is 64.9 Å². The molecule has 120 valence electrons. The number of rotatable bonds is 4. The van der Waals surface area contributed by atoms with Crippen molar-refractivity contribution in [1.29, 1.82) is 0 Å². The SMILES string of the molecule is Fc1ccc(N2CN(CCc3ccccc3)CNC2=S)cc1Cl. The molecule has 1 saturated heterocycles. The summed E-state index contributed by atoms with van der Waals surface area (Å²) in [6.45, 7) is 2.27. The Balaban J connectivity index is 1.66. The monoisotopic (exact) mass is 349 g/mol. The molecule has 2 aromatic carbocycles. The lowest BCUT2D eigenvalue weighted by Crippen LogP contribution is -2.56. The van der Waals surface area contributed by atoms with E-state index >= 15 is 0 Å². The van der Waals surface area contributed by atoms with Crippen LogP contribution in [0.3, 0.4) is 0 Å². The fourth-order valence-corrected chi connectivity index (χ4v) is 2.93. The van der Waals surface area contributed by atoms with Gasteiger partial charge in [0, 0.05) is 12.2 Å². The Morgan fingerprint density at radius 1 is 1.17 bits per heavy atom. The highest BCUT2D eigenvalue weighted by Gasteiger charge is 2.22. The first-order valence-corrected chi connectivity index (χ1v) is 8.19. The third kappa shape index (κ3) is 3.99. The highest BCUT2D eigenvalue weighted by molar-refractivity contribution is 7.80. The van der Waals surface area contributed by atoms with Crippen molar-refractivity contribution < 1.29 is 4.39 Å². The van der Waals surface area contributed by atoms with E-state index in [-0.39, 0.29) is 5.02 Å². The number of hydrogen-bond acceptors (Lipinski definition) is 2. The van der Waals surface area contributed by atoms with E-state index in [0.29, 0.717) is 18.4 Å². The van der Waals surface area contributed by atoms with Crippen molar-refractivity contribution in [3.63, 3.8) is 0 Å². The van der Waals surface area contributed by atoms with Gasteiger partial charge in [-0.05, 0) is 42.4 Å². The Kier molecular flexibility index (Phi) is 5.10. The molecule has 0 saturated carbocycles. The van der Waals surface area contributed by atoms with Crippen LogP contribution in [-0.4, -0.2) is 29.9 Å². The molecule has 23 heavy (non-hydrogen) atoms. The van der Waals surface area contributed by atoms with Gasteiger partial charge in [-0.2, -0.15) is 0 Å². The minimum absolute atomic E-state index is 0.103. The average molecular weight is 350 g/mol. The van der Waals surface area contributed by atoms with Crippen molar-refractivity contribution in [2.24, 2.45) is 0 Å². The lowest BCUT2D eigenvalue weighted by atomic mass is 10.1. The molecule has 0 bridgehead atoms. The summed E-state index contributed by atoms with van der Waals surface area (Å²) >= 11 is 11.2. The fraction of sp³-hybridized carbons (Fsp3) is 0.235. The standard InChI is InChI=1S/C17H17ClFN3S/c18-15-10-14(6-7-16(15)19)22-12-21(11-20-17(22)23)9-8-13-4-2-1-3-5-13/h1-7,10H,8-9,11-12H2,(H,20,23). The summed E-state index contributed by atoms with van der Waals surface area (Å²) in [6, 6.07) is 15.0. The van der Waals surface area contributed by atoms with Crippen molar-refractivity contribution in [3.8, 4) is 0 Å². The Morgan fingerprint density at radius 3 is 2.70 bits per heavy atom. The van der Waals surface area contributed by atoms with E-state index in [1.807, 2.05) is 23.1 Å². The van der Waals surface area contributed by atoms with Crippen LogP contribution in [0, 0.1) is 5.82 Å². The van der Waals surface area contributed by atoms with Gasteiger partial charge in [-0.3, -0.25) is 4.90 Å². The zero-order chi connectivity index (χ0) is 16.2. The summed E-state index contributed by atoms with van der Waals surface area (Å²) in [7, 11) is 0. The van der Waals surface area contributed by atoms with Crippen LogP contribution in [0.15, 0.2) is 48.5 Å². The van der Waals surface area contributed by atoms with Crippen molar-refractivity contribution >= 4 is 34.6 Å². The quantitative estimate of drug-likeness (QED) is 0.849. The number of nitrogens with zero attached hydrogens (tertiary/aromatic N) is 2. The lowest BCUT2D eigenvalue weighted by molar-refractivity contribution is 0.264. The minimum atomic E-state index is -0.424. The molecule has 0 unspecified atom stereocenters. The van der Waals surface area contributed by atoms with E-state index in [1.54, 1.807) is 12.1 Å². The van der Waals surface area contributed by atoms with Gasteiger partial charge >= 0.3 is 0 Å². The summed E-state index contributed by atoms with van der Waals surface area (Å²) in [5.41, 5.74) is 2.09. The van der Waals surface area contributed by atoms with Gasteiger partial charge in [-0.15, -0.1) is 0 Å². The van der Waals surface area contributed by atoms with E-state index < -0.39 is 5.82 Å². The largest absolute Gasteiger partial charge is 0.349 e. The minimum Gasteiger partial charge on any atom is -0.349 e. The Hall–Kier alpha value is -1.69. The second-order valence-electron chi connectivity index (χ2n) is 5.44. The number of halogens is 2. The highest BCUT2D eigenvalue weighted by atomic mass is 35.5. The zero-order valence-corrected chi connectivity index (χ0v) is 14.1. The van der Waals surface area contributed by atoms with E-state index in [4.69, 9.17) is 23.8 Å². The number of benzene rings is 2. The second-order valence-corrected chi connectivity index (χ2v) is 6.23. The topological polar surface area (TPSA) is 18.5 Å². The maximum Gasteiger partial charge on any atom is 0.175 e. The molecule has 0 radical (unpaired) electrons. The molecule has 2 aromatic rings. The molecule has 0 spiro atoms. The maximum atomic E-state index is 13.3. The fourth-order valence-electron chi connectivity index (χ4n) is 2.52. The van der Waals surface area contributed by atoms with Crippen LogP contribution in [0.25, 0.3) is 0 Å². The van der Waals surface area contributed by atoms with Crippen LogP contribution < -0.4 is 10.2 Å². The molecule has 6 heteroatoms. The summed E-state index contributed by atoms with van der Waals surface area (Å²) in [5.74, 6) is -0.424. The third-order valence-corrected chi connectivity index (χ3v) is 4.47. The van der Waals surface area contributed by atoms with Crippen LogP contribution in [-0.2, 0) is 6.42 Å². The van der Waals surface area contributed by atoms with Gasteiger partial charge in [0.05, 0.1) is 18.4 Å².